The van der Waals surface area contributed by atoms with E-state index in [9.17, 15) is 40.6 Å². The number of carbonyl (C=O) groups is 1. The van der Waals surface area contributed by atoms with Crippen molar-refractivity contribution < 1.29 is 49.4 Å². The van der Waals surface area contributed by atoms with Crippen LogP contribution in [0.1, 0.15) is 59.2 Å². The van der Waals surface area contributed by atoms with Crippen LogP contribution in [-0.2, 0) is 36.9 Å². The Hall–Kier alpha value is -5.54. The second-order valence-electron chi connectivity index (χ2n) is 13.3. The van der Waals surface area contributed by atoms with Crippen LogP contribution >= 0.6 is 11.6 Å². The molecule has 0 fully saturated rings. The van der Waals surface area contributed by atoms with Crippen LogP contribution in [0, 0.1) is 23.5 Å². The lowest BCUT2D eigenvalue weighted by Crippen LogP contribution is -2.35. The van der Waals surface area contributed by atoms with Gasteiger partial charge < -0.3 is 16.2 Å². The average molecular weight is 810 g/mol. The number of halogens is 10. The number of carbonyl (C=O) groups excluding carboxylic acids is 1. The molecule has 56 heavy (non-hydrogen) atoms. The highest BCUT2D eigenvalue weighted by molar-refractivity contribution is 6.37. The Kier molecular flexibility index (Phi) is 10.4. The molecule has 2 aromatic carbocycles. The summed E-state index contributed by atoms with van der Waals surface area (Å²) in [6, 6.07) is 6.65. The van der Waals surface area contributed by atoms with Crippen molar-refractivity contribution in [3.63, 3.8) is 0 Å². The van der Waals surface area contributed by atoms with Crippen LogP contribution in [0.5, 0.6) is 0 Å². The number of nitrogens with one attached hydrogen (secondary N) is 1. The number of hydrogen-bond acceptors (Lipinski definition) is 6. The fourth-order valence-corrected chi connectivity index (χ4v) is 6.93. The first-order valence-electron chi connectivity index (χ1n) is 16.5. The third kappa shape index (κ3) is 7.65. The van der Waals surface area contributed by atoms with Crippen molar-refractivity contribution in [3.8, 4) is 23.0 Å². The van der Waals surface area contributed by atoms with E-state index >= 15 is 8.78 Å². The molecule has 0 aliphatic heterocycles. The van der Waals surface area contributed by atoms with E-state index in [-0.39, 0.29) is 38.0 Å². The summed E-state index contributed by atoms with van der Waals surface area (Å²) in [5.74, 6) is -4.08. The van der Waals surface area contributed by atoms with Crippen molar-refractivity contribution in [2.24, 2.45) is 7.05 Å². The zero-order valence-corrected chi connectivity index (χ0v) is 29.9. The van der Waals surface area contributed by atoms with E-state index in [1.54, 1.807) is 0 Å². The van der Waals surface area contributed by atoms with Crippen molar-refractivity contribution in [1.82, 2.24) is 29.9 Å². The van der Waals surface area contributed by atoms with Gasteiger partial charge in [-0.25, -0.2) is 22.5 Å². The fourth-order valence-electron chi connectivity index (χ4n) is 6.68. The highest BCUT2D eigenvalue weighted by atomic mass is 35.5. The number of aromatic nitrogens is 5. The van der Waals surface area contributed by atoms with E-state index in [2.05, 4.69) is 33.0 Å². The number of nitrogens with two attached hydrogens (primary N) is 1. The second-order valence-corrected chi connectivity index (χ2v) is 13.7. The highest BCUT2D eigenvalue weighted by Gasteiger charge is 2.53. The van der Waals surface area contributed by atoms with Crippen LogP contribution in [-0.4, -0.2) is 47.6 Å². The first-order chi connectivity index (χ1) is 26.1. The molecule has 0 saturated heterocycles. The second kappa shape index (κ2) is 14.5. The van der Waals surface area contributed by atoms with Gasteiger partial charge in [0, 0.05) is 42.1 Å². The first-order valence-corrected chi connectivity index (χ1v) is 16.9. The van der Waals surface area contributed by atoms with E-state index < -0.39 is 90.0 Å². The van der Waals surface area contributed by atoms with E-state index in [0.29, 0.717) is 22.5 Å². The predicted molar refractivity (Wildman–Crippen MR) is 186 cm³/mol. The lowest BCUT2D eigenvalue weighted by Gasteiger charge is -2.23. The number of amides is 1. The van der Waals surface area contributed by atoms with Crippen molar-refractivity contribution in [3.05, 3.63) is 106 Å². The largest absolute Gasteiger partial charge is 0.435 e. The van der Waals surface area contributed by atoms with Gasteiger partial charge in [0.2, 0.25) is 5.91 Å². The number of hydrogen-bond donors (Lipinski definition) is 3. The molecule has 3 heterocycles. The Balaban J connectivity index is 1.53. The normalized spacial score (nSPS) is 16.6. The van der Waals surface area contributed by atoms with Gasteiger partial charge in [-0.05, 0) is 55.2 Å². The van der Waals surface area contributed by atoms with Crippen LogP contribution in [0.2, 0.25) is 5.02 Å². The van der Waals surface area contributed by atoms with Crippen molar-refractivity contribution in [1.29, 1.82) is 0 Å². The molecule has 1 amide bonds. The number of aryl methyl sites for hydroxylation is 1. The van der Waals surface area contributed by atoms with Gasteiger partial charge in [-0.15, -0.1) is 6.58 Å². The number of fused-ring (bicyclic) bond motifs is 2. The Morgan fingerprint density at radius 1 is 1.14 bits per heavy atom. The number of anilines is 1. The van der Waals surface area contributed by atoms with Gasteiger partial charge in [0.15, 0.2) is 17.1 Å². The predicted octanol–water partition coefficient (Wildman–Crippen LogP) is 7.60. The standard InChI is InChI=1S/C37H29ClF9N7O2/c1-4-18-15-36(43,44)32-27(18)31(37(45,46)47)51-54(32)16-26(55)50-25(13-17-11-19(39)14-20(40)12-17)29-22(6-5-21(49-29)9-10-35(2,56)34(41)42)23-7-8-24(38)28-30(23)53(3)52-33(28)48/h4-8,11-12,14,18,25,34,56H,1,13,15-16H2,2-3H3,(H2,48,52)(H,50,55)/t18-,25-,35?/m0/s1. The molecule has 6 rings (SSSR count). The summed E-state index contributed by atoms with van der Waals surface area (Å²) in [7, 11) is 1.54. The fraction of sp³-hybridized carbons (Fsp3) is 0.297. The number of rotatable bonds is 9. The minimum Gasteiger partial charge on any atom is -0.382 e. The minimum absolute atomic E-state index is 0.0288. The molecule has 1 aliphatic rings. The molecule has 1 aliphatic carbocycles. The molecule has 9 nitrogen and oxygen atoms in total. The summed E-state index contributed by atoms with van der Waals surface area (Å²) < 4.78 is 130. The SMILES string of the molecule is C=C[C@H]1CC(F)(F)c2c1c(C(F)(F)F)nn2CC(=O)N[C@@H](Cc1cc(F)cc(F)c1)c1nc(C#CC(C)(O)C(F)F)ccc1-c1ccc(Cl)c2c(N)nn(C)c12. The first kappa shape index (κ1) is 40.1. The topological polar surface area (TPSA) is 124 Å². The van der Waals surface area contributed by atoms with Crippen molar-refractivity contribution in [2.75, 3.05) is 5.73 Å². The molecule has 1 unspecified atom stereocenters. The zero-order valence-electron chi connectivity index (χ0n) is 29.1. The van der Waals surface area contributed by atoms with Gasteiger partial charge in [0.05, 0.1) is 27.7 Å². The summed E-state index contributed by atoms with van der Waals surface area (Å²) >= 11 is 6.45. The molecule has 19 heteroatoms. The van der Waals surface area contributed by atoms with Crippen LogP contribution in [0.4, 0.5) is 45.3 Å². The summed E-state index contributed by atoms with van der Waals surface area (Å²) in [5, 5.41) is 20.7. The summed E-state index contributed by atoms with van der Waals surface area (Å²) in [4.78, 5) is 18.3. The van der Waals surface area contributed by atoms with E-state index in [0.717, 1.165) is 25.1 Å². The summed E-state index contributed by atoms with van der Waals surface area (Å²) in [6.45, 7) is 2.95. The van der Waals surface area contributed by atoms with Gasteiger partial charge >= 0.3 is 6.18 Å². The van der Waals surface area contributed by atoms with Crippen LogP contribution in [0.25, 0.3) is 22.0 Å². The molecule has 3 atom stereocenters. The third-order valence-electron chi connectivity index (χ3n) is 9.10. The van der Waals surface area contributed by atoms with Gasteiger partial charge in [-0.2, -0.15) is 32.1 Å². The number of alkyl halides is 7. The number of aliphatic hydroxyl groups is 1. The zero-order chi connectivity index (χ0) is 41.1. The van der Waals surface area contributed by atoms with Gasteiger partial charge in [0.25, 0.3) is 12.3 Å². The quantitative estimate of drug-likeness (QED) is 0.0801. The maximum absolute atomic E-state index is 15.3. The molecule has 4 N–H and O–H groups in total. The summed E-state index contributed by atoms with van der Waals surface area (Å²) in [6.07, 6.45) is -9.06. The van der Waals surface area contributed by atoms with Gasteiger partial charge in [-0.3, -0.25) is 14.2 Å². The number of pyridine rings is 1. The van der Waals surface area contributed by atoms with E-state index in [1.165, 1.54) is 36.0 Å². The molecular weight excluding hydrogens is 781 g/mol. The molecular formula is C37H29ClF9N7O2. The van der Waals surface area contributed by atoms with E-state index in [4.69, 9.17) is 17.3 Å². The summed E-state index contributed by atoms with van der Waals surface area (Å²) in [5.41, 5.74) is 0.141. The van der Waals surface area contributed by atoms with E-state index in [1.807, 2.05) is 5.92 Å². The monoisotopic (exact) mass is 809 g/mol. The number of benzene rings is 2. The lowest BCUT2D eigenvalue weighted by molar-refractivity contribution is -0.142. The highest BCUT2D eigenvalue weighted by Crippen LogP contribution is 2.52. The molecule has 3 aromatic heterocycles. The maximum atomic E-state index is 15.3. The van der Waals surface area contributed by atoms with Crippen molar-refractivity contribution in [2.45, 2.75) is 62.4 Å². The molecule has 0 radical (unpaired) electrons. The number of nitrogens with zero attached hydrogens (tertiary/aromatic N) is 5. The third-order valence-corrected chi connectivity index (χ3v) is 9.42. The number of nitrogen functional groups attached to an aromatic ring is 1. The Bertz CT molecular complexity index is 2430. The Labute approximate surface area is 316 Å². The van der Waals surface area contributed by atoms with Crippen LogP contribution in [0.15, 0.2) is 55.1 Å². The van der Waals surface area contributed by atoms with Crippen LogP contribution in [0.3, 0.4) is 0 Å². The maximum Gasteiger partial charge on any atom is 0.435 e. The van der Waals surface area contributed by atoms with Gasteiger partial charge in [-0.1, -0.05) is 29.7 Å². The molecule has 5 aromatic rings. The molecule has 294 valence electrons. The smallest absolute Gasteiger partial charge is 0.382 e. The van der Waals surface area contributed by atoms with Crippen LogP contribution < -0.4 is 11.1 Å². The molecule has 0 saturated carbocycles. The number of allylic oxidation sites excluding steroid dienone is 1. The van der Waals surface area contributed by atoms with Gasteiger partial charge in [0.1, 0.15) is 29.6 Å². The minimum atomic E-state index is -5.17. The molecule has 0 bridgehead atoms. The van der Waals surface area contributed by atoms with Crippen molar-refractivity contribution >= 4 is 34.2 Å². The lowest BCUT2D eigenvalue weighted by atomic mass is 9.93. The Morgan fingerprint density at radius 2 is 1.80 bits per heavy atom. The Morgan fingerprint density at radius 3 is 2.43 bits per heavy atom. The molecule has 0 spiro atoms. The average Bonchev–Trinajstić information content (AvgIpc) is 3.72.